The molecule has 20 heavy (non-hydrogen) atoms. The van der Waals surface area contributed by atoms with Gasteiger partial charge in [-0.2, -0.15) is 0 Å². The number of unbranched alkanes of at least 4 members (excludes halogenated alkanes) is 1. The molecule has 1 atom stereocenters. The fourth-order valence-corrected chi connectivity index (χ4v) is 6.65. The third-order valence-electron chi connectivity index (χ3n) is 2.55. The summed E-state index contributed by atoms with van der Waals surface area (Å²) in [6, 6.07) is 6.64. The van der Waals surface area contributed by atoms with E-state index in [1.807, 2.05) is 0 Å². The summed E-state index contributed by atoms with van der Waals surface area (Å²) < 4.78 is 23.3. The number of benzene rings is 1. The van der Waals surface area contributed by atoms with Crippen LogP contribution in [0.25, 0.3) is 0 Å². The molecule has 0 saturated heterocycles. The van der Waals surface area contributed by atoms with Crippen LogP contribution >= 0.6 is 0 Å². The van der Waals surface area contributed by atoms with Crippen molar-refractivity contribution >= 4 is 44.4 Å². The standard InChI is InChI=1S/C13H21NO3SSe2/c1-2-3-8-19-9-11(15)10-20-13-6-4-12(5-7-13)18(14,16)17/h4-7,11,15H,2-3,8-10H2,1H3,(H2,14,16,17). The number of sulfonamides is 1. The summed E-state index contributed by atoms with van der Waals surface area (Å²) in [5.41, 5.74) is 0. The molecule has 7 heteroatoms. The van der Waals surface area contributed by atoms with Crippen LogP contribution < -0.4 is 9.60 Å². The molecule has 1 aromatic rings. The first-order valence-electron chi connectivity index (χ1n) is 6.45. The van der Waals surface area contributed by atoms with Crippen molar-refractivity contribution in [3.05, 3.63) is 24.3 Å². The van der Waals surface area contributed by atoms with Crippen LogP contribution in [0.3, 0.4) is 0 Å². The van der Waals surface area contributed by atoms with Crippen molar-refractivity contribution in [1.29, 1.82) is 0 Å². The predicted molar refractivity (Wildman–Crippen MR) is 84.3 cm³/mol. The Labute approximate surface area is 133 Å². The van der Waals surface area contributed by atoms with E-state index in [2.05, 4.69) is 6.92 Å². The molecule has 0 aliphatic carbocycles. The van der Waals surface area contributed by atoms with E-state index in [1.54, 1.807) is 12.1 Å². The van der Waals surface area contributed by atoms with Gasteiger partial charge in [0.1, 0.15) is 0 Å². The minimum absolute atomic E-state index is 0.139. The van der Waals surface area contributed by atoms with Gasteiger partial charge >= 0.3 is 134 Å². The topological polar surface area (TPSA) is 80.4 Å². The molecule has 0 spiro atoms. The van der Waals surface area contributed by atoms with Gasteiger partial charge in [-0.3, -0.25) is 0 Å². The molecule has 1 aromatic carbocycles. The molecular weight excluding hydrogens is 408 g/mol. The molecule has 0 fully saturated rings. The Hall–Kier alpha value is 0.129. The SMILES string of the molecule is CCCC[Se]CC(O)C[Se]c1ccc(S(N)(=O)=O)cc1. The van der Waals surface area contributed by atoms with Crippen LogP contribution in [0.15, 0.2) is 29.2 Å². The Kier molecular flexibility index (Phi) is 8.37. The first kappa shape index (κ1) is 18.2. The fraction of sp³-hybridized carbons (Fsp3) is 0.538. The van der Waals surface area contributed by atoms with Crippen LogP contribution in [0, 0.1) is 0 Å². The zero-order valence-corrected chi connectivity index (χ0v) is 15.7. The van der Waals surface area contributed by atoms with E-state index < -0.39 is 10.0 Å². The summed E-state index contributed by atoms with van der Waals surface area (Å²) in [6.45, 7) is 2.18. The number of aliphatic hydroxyl groups excluding tert-OH is 1. The second-order valence-electron chi connectivity index (χ2n) is 4.41. The van der Waals surface area contributed by atoms with Crippen LogP contribution in [0.2, 0.25) is 16.0 Å². The summed E-state index contributed by atoms with van der Waals surface area (Å²) in [7, 11) is -3.61. The van der Waals surface area contributed by atoms with Crippen LogP contribution in [0.1, 0.15) is 19.8 Å². The summed E-state index contributed by atoms with van der Waals surface area (Å²) in [5.74, 6) is 0. The molecule has 4 nitrogen and oxygen atoms in total. The molecule has 0 saturated carbocycles. The second kappa shape index (κ2) is 9.21. The Morgan fingerprint density at radius 3 is 2.45 bits per heavy atom. The van der Waals surface area contributed by atoms with Crippen molar-refractivity contribution in [2.75, 3.05) is 0 Å². The molecule has 0 bridgehead atoms. The molecule has 0 heterocycles. The average Bonchev–Trinajstić information content (AvgIpc) is 2.41. The van der Waals surface area contributed by atoms with Gasteiger partial charge in [0.2, 0.25) is 0 Å². The predicted octanol–water partition coefficient (Wildman–Crippen LogP) is 0.784. The van der Waals surface area contributed by atoms with Gasteiger partial charge < -0.3 is 0 Å². The van der Waals surface area contributed by atoms with E-state index in [0.29, 0.717) is 15.0 Å². The van der Waals surface area contributed by atoms with E-state index in [0.717, 1.165) is 15.1 Å². The van der Waals surface area contributed by atoms with Gasteiger partial charge in [-0.15, -0.1) is 0 Å². The molecule has 0 aliphatic heterocycles. The van der Waals surface area contributed by atoms with Crippen molar-refractivity contribution < 1.29 is 13.5 Å². The molecule has 1 rings (SSSR count). The minimum atomic E-state index is -3.61. The van der Waals surface area contributed by atoms with Gasteiger partial charge in [0.25, 0.3) is 0 Å². The van der Waals surface area contributed by atoms with Gasteiger partial charge in [-0.25, -0.2) is 0 Å². The van der Waals surface area contributed by atoms with Gasteiger partial charge in [-0.1, -0.05) is 0 Å². The Balaban J connectivity index is 2.35. The van der Waals surface area contributed by atoms with Gasteiger partial charge in [-0.05, 0) is 0 Å². The summed E-state index contributed by atoms with van der Waals surface area (Å²) in [5, 5.41) is 17.9. The third-order valence-corrected chi connectivity index (χ3v) is 8.42. The first-order valence-corrected chi connectivity index (χ1v) is 12.5. The number of nitrogens with two attached hydrogens (primary N) is 1. The van der Waals surface area contributed by atoms with E-state index in [1.165, 1.54) is 30.3 Å². The van der Waals surface area contributed by atoms with Gasteiger partial charge in [0.05, 0.1) is 0 Å². The maximum atomic E-state index is 11.1. The molecule has 114 valence electrons. The Bertz CT molecular complexity index is 491. The number of hydrogen-bond acceptors (Lipinski definition) is 3. The van der Waals surface area contributed by atoms with Gasteiger partial charge in [0, 0.05) is 0 Å². The van der Waals surface area contributed by atoms with Gasteiger partial charge in [0.15, 0.2) is 0 Å². The van der Waals surface area contributed by atoms with E-state index >= 15 is 0 Å². The number of primary sulfonamides is 1. The van der Waals surface area contributed by atoms with Crippen LogP contribution in [0.4, 0.5) is 0 Å². The van der Waals surface area contributed by atoms with Crippen molar-refractivity contribution in [1.82, 2.24) is 0 Å². The normalized spacial score (nSPS) is 13.3. The molecule has 0 aliphatic rings. The molecule has 1 unspecified atom stereocenters. The molecule has 0 aromatic heterocycles. The summed E-state index contributed by atoms with van der Waals surface area (Å²) in [4.78, 5) is 0.139. The maximum absolute atomic E-state index is 11.1. The molecule has 0 amide bonds. The molecular formula is C13H21NO3SSe2. The zero-order valence-electron chi connectivity index (χ0n) is 11.5. The van der Waals surface area contributed by atoms with Crippen molar-refractivity contribution in [2.24, 2.45) is 5.14 Å². The molecule has 3 N–H and O–H groups in total. The number of hydrogen-bond donors (Lipinski definition) is 2. The Morgan fingerprint density at radius 1 is 1.25 bits per heavy atom. The first-order chi connectivity index (χ1) is 9.43. The third kappa shape index (κ3) is 7.23. The van der Waals surface area contributed by atoms with Crippen LogP contribution in [-0.4, -0.2) is 49.5 Å². The summed E-state index contributed by atoms with van der Waals surface area (Å²) in [6.07, 6.45) is 2.26. The zero-order chi connectivity index (χ0) is 15.0. The monoisotopic (exact) mass is 431 g/mol. The van der Waals surface area contributed by atoms with Crippen molar-refractivity contribution in [2.45, 2.75) is 46.7 Å². The number of aliphatic hydroxyl groups is 1. The van der Waals surface area contributed by atoms with Crippen molar-refractivity contribution in [3.63, 3.8) is 0 Å². The van der Waals surface area contributed by atoms with Crippen LogP contribution in [-0.2, 0) is 10.0 Å². The van der Waals surface area contributed by atoms with Crippen molar-refractivity contribution in [3.8, 4) is 0 Å². The average molecular weight is 429 g/mol. The van der Waals surface area contributed by atoms with E-state index in [4.69, 9.17) is 5.14 Å². The fourth-order valence-electron chi connectivity index (χ4n) is 1.43. The summed E-state index contributed by atoms with van der Waals surface area (Å²) >= 11 is 0.722. The van der Waals surface area contributed by atoms with Crippen LogP contribution in [0.5, 0.6) is 0 Å². The van der Waals surface area contributed by atoms with E-state index in [9.17, 15) is 13.5 Å². The molecule has 0 radical (unpaired) electrons. The van der Waals surface area contributed by atoms with E-state index in [-0.39, 0.29) is 26.0 Å². The number of rotatable bonds is 9. The quantitative estimate of drug-likeness (QED) is 0.450. The Morgan fingerprint density at radius 2 is 1.90 bits per heavy atom. The second-order valence-corrected chi connectivity index (χ2v) is 10.7.